The fraction of sp³-hybridized carbons (Fsp3) is 0.750. The second-order valence-corrected chi connectivity index (χ2v) is 5.05. The van der Waals surface area contributed by atoms with Gasteiger partial charge in [0.15, 0.2) is 0 Å². The van der Waals surface area contributed by atoms with Crippen LogP contribution in [0.25, 0.3) is 0 Å². The molecule has 0 N–H and O–H groups in total. The molecule has 3 rings (SSSR count). The molecule has 0 aromatic heterocycles. The molecule has 0 aliphatic heterocycles. The number of hydrogen-bond acceptors (Lipinski definition) is 2. The quantitative estimate of drug-likeness (QED) is 0.495. The van der Waals surface area contributed by atoms with E-state index in [0.717, 1.165) is 11.8 Å². The Balaban J connectivity index is 1.77. The number of fused-ring (bicyclic) bond motifs is 5. The van der Waals surface area contributed by atoms with Crippen molar-refractivity contribution >= 4 is 5.97 Å². The highest BCUT2D eigenvalue weighted by molar-refractivity contribution is 5.66. The molecule has 0 aromatic rings. The fourth-order valence-electron chi connectivity index (χ4n) is 3.76. The third-order valence-corrected chi connectivity index (χ3v) is 4.58. The van der Waals surface area contributed by atoms with Crippen molar-refractivity contribution < 1.29 is 9.53 Å². The summed E-state index contributed by atoms with van der Waals surface area (Å²) in [7, 11) is 0. The van der Waals surface area contributed by atoms with E-state index < -0.39 is 0 Å². The average molecular weight is 192 g/mol. The number of ether oxygens (including phenoxy) is 1. The van der Waals surface area contributed by atoms with Gasteiger partial charge in [-0.15, -0.1) is 0 Å². The van der Waals surface area contributed by atoms with E-state index in [0.29, 0.717) is 17.9 Å². The highest BCUT2D eigenvalue weighted by Gasteiger charge is 2.61. The Bertz CT molecular complexity index is 307. The number of allylic oxidation sites excluding steroid dienone is 2. The molecule has 0 amide bonds. The lowest BCUT2D eigenvalue weighted by Gasteiger charge is -2.50. The molecule has 76 valence electrons. The van der Waals surface area contributed by atoms with Gasteiger partial charge in [0.05, 0.1) is 6.61 Å². The van der Waals surface area contributed by atoms with Gasteiger partial charge in [-0.2, -0.15) is 0 Å². The van der Waals surface area contributed by atoms with Crippen LogP contribution in [-0.4, -0.2) is 12.6 Å². The van der Waals surface area contributed by atoms with E-state index in [4.69, 9.17) is 4.74 Å². The second kappa shape index (κ2) is 2.62. The third kappa shape index (κ3) is 0.891. The minimum atomic E-state index is -0.128. The van der Waals surface area contributed by atoms with E-state index in [1.807, 2.05) is 0 Å². The molecule has 2 saturated carbocycles. The minimum Gasteiger partial charge on any atom is -0.465 e. The van der Waals surface area contributed by atoms with Crippen molar-refractivity contribution in [2.75, 3.05) is 6.61 Å². The minimum absolute atomic E-state index is 0.128. The first kappa shape index (κ1) is 8.51. The van der Waals surface area contributed by atoms with E-state index >= 15 is 0 Å². The highest BCUT2D eigenvalue weighted by atomic mass is 16.5. The first-order valence-electron chi connectivity index (χ1n) is 5.54. The van der Waals surface area contributed by atoms with Crippen LogP contribution in [0.3, 0.4) is 0 Å². The van der Waals surface area contributed by atoms with Gasteiger partial charge in [-0.05, 0) is 37.0 Å². The molecule has 3 aliphatic rings. The molecule has 4 atom stereocenters. The van der Waals surface area contributed by atoms with Crippen molar-refractivity contribution in [1.29, 1.82) is 0 Å². The summed E-state index contributed by atoms with van der Waals surface area (Å²) in [6.45, 7) is 2.17. The van der Waals surface area contributed by atoms with Crippen molar-refractivity contribution in [1.82, 2.24) is 0 Å². The smallest absolute Gasteiger partial charge is 0.302 e. The summed E-state index contributed by atoms with van der Waals surface area (Å²) in [6.07, 6.45) is 8.64. The topological polar surface area (TPSA) is 26.3 Å². The molecular weight excluding hydrogens is 176 g/mol. The number of esters is 1. The summed E-state index contributed by atoms with van der Waals surface area (Å²) in [5.41, 5.74) is 0.352. The van der Waals surface area contributed by atoms with E-state index in [9.17, 15) is 4.79 Å². The maximum atomic E-state index is 10.8. The van der Waals surface area contributed by atoms with E-state index in [-0.39, 0.29) is 5.97 Å². The van der Waals surface area contributed by atoms with Crippen LogP contribution >= 0.6 is 0 Å². The normalized spacial score (nSPS) is 47.4. The van der Waals surface area contributed by atoms with Crippen LogP contribution in [0.4, 0.5) is 0 Å². The molecule has 0 spiro atoms. The Labute approximate surface area is 84.3 Å². The van der Waals surface area contributed by atoms with Gasteiger partial charge in [-0.25, -0.2) is 0 Å². The number of carbonyl (C=O) groups excluding carboxylic acids is 1. The first-order chi connectivity index (χ1) is 6.72. The Morgan fingerprint density at radius 1 is 1.57 bits per heavy atom. The summed E-state index contributed by atoms with van der Waals surface area (Å²) in [5, 5.41) is 0. The molecule has 0 heterocycles. The zero-order valence-corrected chi connectivity index (χ0v) is 8.53. The monoisotopic (exact) mass is 192 g/mol. The predicted molar refractivity (Wildman–Crippen MR) is 52.5 cm³/mol. The van der Waals surface area contributed by atoms with Gasteiger partial charge in [0.1, 0.15) is 0 Å². The molecule has 0 aromatic carbocycles. The number of hydrogen-bond donors (Lipinski definition) is 0. The lowest BCUT2D eigenvalue weighted by Crippen LogP contribution is -2.47. The average Bonchev–Trinajstić information content (AvgIpc) is 2.58. The summed E-state index contributed by atoms with van der Waals surface area (Å²) in [6, 6.07) is 0. The van der Waals surface area contributed by atoms with Gasteiger partial charge in [0.2, 0.25) is 0 Å². The molecule has 2 nitrogen and oxygen atoms in total. The summed E-state index contributed by atoms with van der Waals surface area (Å²) >= 11 is 0. The van der Waals surface area contributed by atoms with Crippen LogP contribution in [-0.2, 0) is 9.53 Å². The van der Waals surface area contributed by atoms with Crippen LogP contribution in [0.15, 0.2) is 12.2 Å². The van der Waals surface area contributed by atoms with Crippen LogP contribution in [0, 0.1) is 23.2 Å². The number of rotatable bonds is 2. The van der Waals surface area contributed by atoms with Gasteiger partial charge in [0, 0.05) is 12.3 Å². The summed E-state index contributed by atoms with van der Waals surface area (Å²) in [5.74, 6) is 2.18. The van der Waals surface area contributed by atoms with Crippen LogP contribution in [0.2, 0.25) is 0 Å². The van der Waals surface area contributed by atoms with E-state index in [1.165, 1.54) is 26.2 Å². The lowest BCUT2D eigenvalue weighted by atomic mass is 9.56. The van der Waals surface area contributed by atoms with Gasteiger partial charge in [0.25, 0.3) is 0 Å². The predicted octanol–water partition coefficient (Wildman–Crippen LogP) is 2.15. The molecule has 4 unspecified atom stereocenters. The molecule has 2 heteroatoms. The molecule has 14 heavy (non-hydrogen) atoms. The number of carbonyl (C=O) groups is 1. The van der Waals surface area contributed by atoms with Crippen molar-refractivity contribution in [3.8, 4) is 0 Å². The van der Waals surface area contributed by atoms with Crippen molar-refractivity contribution in [2.24, 2.45) is 23.2 Å². The molecule has 2 bridgehead atoms. The maximum Gasteiger partial charge on any atom is 0.302 e. The maximum absolute atomic E-state index is 10.8. The van der Waals surface area contributed by atoms with E-state index in [2.05, 4.69) is 12.2 Å². The van der Waals surface area contributed by atoms with Crippen LogP contribution in [0.1, 0.15) is 26.2 Å². The molecule has 0 saturated heterocycles. The Morgan fingerprint density at radius 3 is 3.00 bits per heavy atom. The summed E-state index contributed by atoms with van der Waals surface area (Å²) < 4.78 is 5.23. The van der Waals surface area contributed by atoms with Gasteiger partial charge >= 0.3 is 5.97 Å². The largest absolute Gasteiger partial charge is 0.465 e. The lowest BCUT2D eigenvalue weighted by molar-refractivity contribution is -0.151. The van der Waals surface area contributed by atoms with Gasteiger partial charge in [-0.1, -0.05) is 12.2 Å². The zero-order valence-electron chi connectivity index (χ0n) is 8.53. The van der Waals surface area contributed by atoms with Crippen LogP contribution in [0.5, 0.6) is 0 Å². The third-order valence-electron chi connectivity index (χ3n) is 4.58. The van der Waals surface area contributed by atoms with Gasteiger partial charge < -0.3 is 4.74 Å². The second-order valence-electron chi connectivity index (χ2n) is 5.05. The van der Waals surface area contributed by atoms with E-state index in [1.54, 1.807) is 0 Å². The summed E-state index contributed by atoms with van der Waals surface area (Å²) in [4.78, 5) is 10.8. The van der Waals surface area contributed by atoms with Crippen LogP contribution < -0.4 is 0 Å². The molecule has 0 radical (unpaired) electrons. The highest BCUT2D eigenvalue weighted by Crippen LogP contribution is 2.66. The van der Waals surface area contributed by atoms with Crippen molar-refractivity contribution in [3.05, 3.63) is 12.2 Å². The zero-order chi connectivity index (χ0) is 9.76. The first-order valence-corrected chi connectivity index (χ1v) is 5.54. The molecular formula is C12H16O2. The standard InChI is InChI=1S/C12H16O2/c1-8(13)14-7-12-5-4-11(12)9-2-3-10(12)6-9/h2-3,9-11H,4-7H2,1H3. The Kier molecular flexibility index (Phi) is 1.59. The van der Waals surface area contributed by atoms with Crippen molar-refractivity contribution in [3.63, 3.8) is 0 Å². The Morgan fingerprint density at radius 2 is 2.43 bits per heavy atom. The van der Waals surface area contributed by atoms with Gasteiger partial charge in [-0.3, -0.25) is 4.79 Å². The molecule has 3 aliphatic carbocycles. The molecule has 2 fully saturated rings. The van der Waals surface area contributed by atoms with Crippen molar-refractivity contribution in [2.45, 2.75) is 26.2 Å². The fourth-order valence-corrected chi connectivity index (χ4v) is 3.76. The SMILES string of the molecule is CC(=O)OCC12CCC1C1C=CC2C1. The Hall–Kier alpha value is -0.790.